The number of hydrogen-bond donors (Lipinski definition) is 1. The molecule has 0 aromatic rings. The lowest BCUT2D eigenvalue weighted by molar-refractivity contribution is -0.117. The van der Waals surface area contributed by atoms with Crippen LogP contribution in [0.25, 0.3) is 0 Å². The van der Waals surface area contributed by atoms with Gasteiger partial charge in [0.25, 0.3) is 0 Å². The number of hydrogen-bond acceptors (Lipinski definition) is 4. The average Bonchev–Trinajstić information content (AvgIpc) is 3.58. The largest absolute Gasteiger partial charge is 0.491 e. The van der Waals surface area contributed by atoms with Gasteiger partial charge >= 0.3 is 0 Å². The second-order valence-corrected chi connectivity index (χ2v) is 10.2. The van der Waals surface area contributed by atoms with Gasteiger partial charge in [0.05, 0.1) is 12.2 Å². The number of halogens is 1. The molecule has 1 N–H and O–H groups in total. The zero-order valence-corrected chi connectivity index (χ0v) is 17.3. The highest BCUT2D eigenvalue weighted by molar-refractivity contribution is 7.73. The zero-order chi connectivity index (χ0) is 20.1. The first kappa shape index (κ1) is 19.7. The first-order valence-electron chi connectivity index (χ1n) is 10.2. The van der Waals surface area contributed by atoms with E-state index in [0.717, 1.165) is 25.7 Å². The van der Waals surface area contributed by atoms with Crippen LogP contribution in [0.1, 0.15) is 58.3 Å². The summed E-state index contributed by atoms with van der Waals surface area (Å²) in [5, 5.41) is 2.40. The number of rotatable bonds is 5. The van der Waals surface area contributed by atoms with Crippen molar-refractivity contribution in [2.45, 2.75) is 64.5 Å². The van der Waals surface area contributed by atoms with Crippen LogP contribution in [-0.2, 0) is 19.8 Å². The van der Waals surface area contributed by atoms with Crippen molar-refractivity contribution in [3.8, 4) is 0 Å². The summed E-state index contributed by atoms with van der Waals surface area (Å²) in [6.45, 7) is 2.56. The van der Waals surface area contributed by atoms with Crippen molar-refractivity contribution in [1.29, 1.82) is 0 Å². The molecule has 7 heteroatoms. The second-order valence-electron chi connectivity index (χ2n) is 9.30. The van der Waals surface area contributed by atoms with Gasteiger partial charge in [0.15, 0.2) is 11.0 Å². The molecule has 28 heavy (non-hydrogen) atoms. The number of carbonyl (C=O) groups is 1. The number of carbonyl (C=O) groups excluding carboxylic acids is 1. The van der Waals surface area contributed by atoms with Crippen LogP contribution in [0.15, 0.2) is 23.0 Å². The van der Waals surface area contributed by atoms with E-state index in [9.17, 15) is 13.2 Å². The first-order valence-corrected chi connectivity index (χ1v) is 11.3. The Labute approximate surface area is 166 Å². The SMILES string of the molecule is CNC(=O)C1=CC(C2CC2)=C(OCC2(C)CCC3(CC2)CC3)C(=S(=O)=O)C1F. The number of nitrogens with one attached hydrogen (secondary N) is 1. The summed E-state index contributed by atoms with van der Waals surface area (Å²) in [5.74, 6) is -0.319. The molecule has 154 valence electrons. The van der Waals surface area contributed by atoms with E-state index in [4.69, 9.17) is 4.74 Å². The summed E-state index contributed by atoms with van der Waals surface area (Å²) in [6, 6.07) is 0. The molecule has 0 aliphatic heterocycles. The highest BCUT2D eigenvalue weighted by Crippen LogP contribution is 2.59. The van der Waals surface area contributed by atoms with Gasteiger partial charge in [-0.3, -0.25) is 4.79 Å². The molecule has 4 rings (SSSR count). The molecule has 4 aliphatic rings. The lowest BCUT2D eigenvalue weighted by Gasteiger charge is -2.38. The van der Waals surface area contributed by atoms with Gasteiger partial charge in [-0.2, -0.15) is 8.42 Å². The summed E-state index contributed by atoms with van der Waals surface area (Å²) < 4.78 is 44.9. The van der Waals surface area contributed by atoms with Crippen molar-refractivity contribution >= 4 is 21.1 Å². The maximum Gasteiger partial charge on any atom is 0.250 e. The molecule has 1 amide bonds. The van der Waals surface area contributed by atoms with Gasteiger partial charge in [-0.25, -0.2) is 4.39 Å². The smallest absolute Gasteiger partial charge is 0.250 e. The zero-order valence-electron chi connectivity index (χ0n) is 16.5. The van der Waals surface area contributed by atoms with E-state index in [1.54, 1.807) is 0 Å². The van der Waals surface area contributed by atoms with Crippen molar-refractivity contribution in [3.63, 3.8) is 0 Å². The number of ether oxygens (including phenoxy) is 1. The molecule has 3 fully saturated rings. The van der Waals surface area contributed by atoms with Crippen LogP contribution in [0, 0.1) is 16.7 Å². The third-order valence-corrected chi connectivity index (χ3v) is 7.78. The van der Waals surface area contributed by atoms with Gasteiger partial charge in [-0.05, 0) is 74.3 Å². The maximum atomic E-state index is 15.0. The van der Waals surface area contributed by atoms with Gasteiger partial charge in [-0.1, -0.05) is 6.92 Å². The average molecular weight is 410 g/mol. The van der Waals surface area contributed by atoms with Crippen molar-refractivity contribution in [2.75, 3.05) is 13.7 Å². The standard InChI is InChI=1S/C21H28FNO4S/c1-20(5-7-21(8-6-20)9-10-21)12-27-17-14(13-3-4-13)11-15(19(24)23-2)16(22)18(17)28(25)26/h11,13,16H,3-10,12H2,1-2H3,(H,23,24). The predicted octanol–water partition coefficient (Wildman–Crippen LogP) is 3.10. The number of likely N-dealkylation sites (N-methyl/N-ethyl adjacent to an activating group) is 1. The lowest BCUT2D eigenvalue weighted by atomic mass is 9.70. The Bertz CT molecular complexity index is 875. The summed E-state index contributed by atoms with van der Waals surface area (Å²) >= 11 is 0. The summed E-state index contributed by atoms with van der Waals surface area (Å²) in [5.41, 5.74) is 1.04. The number of allylic oxidation sites excluding steroid dienone is 3. The highest BCUT2D eigenvalue weighted by atomic mass is 32.2. The Kier molecular flexibility index (Phi) is 4.92. The second kappa shape index (κ2) is 7.01. The molecule has 5 nitrogen and oxygen atoms in total. The van der Waals surface area contributed by atoms with Gasteiger partial charge < -0.3 is 10.1 Å². The quantitative estimate of drug-likeness (QED) is 0.708. The van der Waals surface area contributed by atoms with Crippen LogP contribution in [0.5, 0.6) is 0 Å². The van der Waals surface area contributed by atoms with Gasteiger partial charge in [0, 0.05) is 12.5 Å². The fourth-order valence-corrected chi connectivity index (χ4v) is 5.12. The molecule has 0 heterocycles. The predicted molar refractivity (Wildman–Crippen MR) is 105 cm³/mol. The Morgan fingerprint density at radius 3 is 2.32 bits per heavy atom. The van der Waals surface area contributed by atoms with E-state index in [2.05, 4.69) is 12.2 Å². The first-order chi connectivity index (χ1) is 13.3. The molecule has 1 atom stereocenters. The van der Waals surface area contributed by atoms with Gasteiger partial charge in [0.2, 0.25) is 16.2 Å². The Balaban J connectivity index is 1.62. The van der Waals surface area contributed by atoms with Crippen LogP contribution in [-0.4, -0.2) is 39.0 Å². The van der Waals surface area contributed by atoms with Crippen molar-refractivity contribution in [1.82, 2.24) is 5.32 Å². The van der Waals surface area contributed by atoms with E-state index in [0.29, 0.717) is 17.6 Å². The minimum absolute atomic E-state index is 0.0262. The fourth-order valence-electron chi connectivity index (χ4n) is 4.49. The molecule has 3 saturated carbocycles. The molecular formula is C21H28FNO4S. The molecule has 4 aliphatic carbocycles. The fraction of sp³-hybridized carbons (Fsp3) is 0.714. The highest BCUT2D eigenvalue weighted by Gasteiger charge is 2.48. The summed E-state index contributed by atoms with van der Waals surface area (Å²) in [7, 11) is -1.39. The van der Waals surface area contributed by atoms with Gasteiger partial charge in [0.1, 0.15) is 5.76 Å². The molecule has 0 bridgehead atoms. The van der Waals surface area contributed by atoms with E-state index in [1.807, 2.05) is 0 Å². The Morgan fingerprint density at radius 1 is 1.21 bits per heavy atom. The maximum absolute atomic E-state index is 15.0. The van der Waals surface area contributed by atoms with Crippen molar-refractivity contribution in [2.24, 2.45) is 16.7 Å². The number of alkyl halides is 1. The summed E-state index contributed by atoms with van der Waals surface area (Å²) in [6.07, 6.45) is 8.44. The normalized spacial score (nSPS) is 28.0. The topological polar surface area (TPSA) is 72.5 Å². The van der Waals surface area contributed by atoms with Crippen LogP contribution in [0.3, 0.4) is 0 Å². The van der Waals surface area contributed by atoms with E-state index >= 15 is 4.39 Å². The molecule has 1 spiro atoms. The summed E-state index contributed by atoms with van der Waals surface area (Å²) in [4.78, 5) is 11.6. The molecular weight excluding hydrogens is 381 g/mol. The molecule has 0 aromatic heterocycles. The van der Waals surface area contributed by atoms with E-state index < -0.39 is 27.2 Å². The minimum atomic E-state index is -2.80. The lowest BCUT2D eigenvalue weighted by Crippen LogP contribution is -2.37. The van der Waals surface area contributed by atoms with Crippen LogP contribution in [0.4, 0.5) is 4.39 Å². The molecule has 0 radical (unpaired) electrons. The third-order valence-electron chi connectivity index (χ3n) is 7.03. The van der Waals surface area contributed by atoms with Crippen LogP contribution >= 0.6 is 0 Å². The van der Waals surface area contributed by atoms with Gasteiger partial charge in [-0.15, -0.1) is 0 Å². The van der Waals surface area contributed by atoms with Crippen molar-refractivity contribution in [3.05, 3.63) is 23.0 Å². The Hall–Kier alpha value is -1.63. The Morgan fingerprint density at radius 2 is 1.82 bits per heavy atom. The number of amides is 1. The van der Waals surface area contributed by atoms with Crippen LogP contribution in [0.2, 0.25) is 0 Å². The van der Waals surface area contributed by atoms with Crippen LogP contribution < -0.4 is 5.32 Å². The monoisotopic (exact) mass is 409 g/mol. The third kappa shape index (κ3) is 3.65. The van der Waals surface area contributed by atoms with E-state index in [-0.39, 0.29) is 22.7 Å². The van der Waals surface area contributed by atoms with E-state index in [1.165, 1.54) is 38.8 Å². The molecule has 0 saturated heterocycles. The minimum Gasteiger partial charge on any atom is -0.491 e. The molecule has 0 aromatic carbocycles. The van der Waals surface area contributed by atoms with Crippen molar-refractivity contribution < 1.29 is 22.3 Å². The molecule has 1 unspecified atom stereocenters.